The number of sulfonamides is 1. The third-order valence-electron chi connectivity index (χ3n) is 5.05. The molecule has 34 heavy (non-hydrogen) atoms. The molecule has 1 fully saturated rings. The molecule has 1 aromatic carbocycles. The van der Waals surface area contributed by atoms with E-state index in [-0.39, 0.29) is 37.0 Å². The van der Waals surface area contributed by atoms with E-state index >= 15 is 0 Å². The van der Waals surface area contributed by atoms with E-state index in [1.54, 1.807) is 24.3 Å². The highest BCUT2D eigenvalue weighted by Gasteiger charge is 2.41. The molecule has 3 amide bonds. The number of amides is 3. The number of hydrogen-bond acceptors (Lipinski definition) is 7. The first kappa shape index (κ1) is 26.2. The van der Waals surface area contributed by atoms with Gasteiger partial charge < -0.3 is 25.0 Å². The lowest BCUT2D eigenvalue weighted by Gasteiger charge is -2.39. The Labute approximate surface area is 207 Å². The number of benzene rings is 1. The molecule has 10 nitrogen and oxygen atoms in total. The molecular weight excluding hydrogens is 504 g/mol. The van der Waals surface area contributed by atoms with Crippen LogP contribution >= 0.6 is 22.9 Å². The molecule has 0 aliphatic carbocycles. The first-order valence-electron chi connectivity index (χ1n) is 10.6. The van der Waals surface area contributed by atoms with Crippen LogP contribution in [0.4, 0.5) is 10.5 Å². The summed E-state index contributed by atoms with van der Waals surface area (Å²) in [4.78, 5) is 27.2. The predicted molar refractivity (Wildman–Crippen MR) is 130 cm³/mol. The lowest BCUT2D eigenvalue weighted by molar-refractivity contribution is -0.126. The van der Waals surface area contributed by atoms with Gasteiger partial charge in [0.15, 0.2) is 0 Å². The van der Waals surface area contributed by atoms with Crippen molar-refractivity contribution in [2.75, 3.05) is 51.8 Å². The lowest BCUT2D eigenvalue weighted by Crippen LogP contribution is -2.62. The van der Waals surface area contributed by atoms with Gasteiger partial charge in [0.05, 0.1) is 17.6 Å². The fraction of sp³-hybridized carbons (Fsp3) is 0.429. The van der Waals surface area contributed by atoms with E-state index in [0.29, 0.717) is 22.4 Å². The number of urea groups is 1. The van der Waals surface area contributed by atoms with Crippen LogP contribution in [0.25, 0.3) is 0 Å². The highest BCUT2D eigenvalue weighted by molar-refractivity contribution is 7.91. The van der Waals surface area contributed by atoms with Crippen molar-refractivity contribution in [2.45, 2.75) is 17.2 Å². The van der Waals surface area contributed by atoms with Crippen LogP contribution in [0.1, 0.15) is 6.92 Å². The van der Waals surface area contributed by atoms with Crippen LogP contribution in [0.5, 0.6) is 5.75 Å². The Bertz CT molecular complexity index is 1090. The standard InChI is InChI=1S/C21H27ClN4O6S2/c1-3-32-16-6-4-15(5-7-16)24-21(28)25-11-12-26(17(14-25)20(27)23-10-13-31-2)34(29,30)19-9-8-18(22)33-19/h4-9,17H,3,10-14H2,1-2H3,(H,23,27)(H,24,28). The number of piperazine rings is 1. The SMILES string of the molecule is CCOc1ccc(NC(=O)N2CCN(S(=O)(=O)c3ccc(Cl)s3)C(C(=O)NCCOC)C2)cc1. The number of carbonyl (C=O) groups is 2. The molecule has 1 unspecified atom stereocenters. The first-order chi connectivity index (χ1) is 16.3. The zero-order chi connectivity index (χ0) is 24.7. The number of rotatable bonds is 9. The second kappa shape index (κ2) is 11.8. The maximum Gasteiger partial charge on any atom is 0.321 e. The highest BCUT2D eigenvalue weighted by Crippen LogP contribution is 2.30. The van der Waals surface area contributed by atoms with Gasteiger partial charge in [0, 0.05) is 39.0 Å². The summed E-state index contributed by atoms with van der Waals surface area (Å²) in [5, 5.41) is 5.45. The smallest absolute Gasteiger partial charge is 0.321 e. The van der Waals surface area contributed by atoms with Gasteiger partial charge in [-0.1, -0.05) is 11.6 Å². The van der Waals surface area contributed by atoms with E-state index in [2.05, 4.69) is 10.6 Å². The maximum atomic E-state index is 13.2. The van der Waals surface area contributed by atoms with Crippen LogP contribution in [-0.2, 0) is 19.6 Å². The summed E-state index contributed by atoms with van der Waals surface area (Å²) in [5.41, 5.74) is 0.554. The van der Waals surface area contributed by atoms with Crippen LogP contribution < -0.4 is 15.4 Å². The van der Waals surface area contributed by atoms with Gasteiger partial charge in [0.25, 0.3) is 10.0 Å². The number of halogens is 1. The molecule has 1 atom stereocenters. The van der Waals surface area contributed by atoms with Gasteiger partial charge >= 0.3 is 6.03 Å². The van der Waals surface area contributed by atoms with Crippen molar-refractivity contribution in [1.82, 2.24) is 14.5 Å². The van der Waals surface area contributed by atoms with Gasteiger partial charge in [-0.2, -0.15) is 4.31 Å². The first-order valence-corrected chi connectivity index (χ1v) is 13.2. The van der Waals surface area contributed by atoms with E-state index in [1.807, 2.05) is 6.92 Å². The summed E-state index contributed by atoms with van der Waals surface area (Å²) < 4.78 is 38.3. The molecule has 0 bridgehead atoms. The highest BCUT2D eigenvalue weighted by atomic mass is 35.5. The molecule has 0 spiro atoms. The van der Waals surface area contributed by atoms with E-state index in [9.17, 15) is 18.0 Å². The predicted octanol–water partition coefficient (Wildman–Crippen LogP) is 2.47. The van der Waals surface area contributed by atoms with E-state index in [1.165, 1.54) is 24.1 Å². The molecule has 2 N–H and O–H groups in total. The Morgan fingerprint density at radius 2 is 1.91 bits per heavy atom. The molecule has 2 aromatic rings. The quantitative estimate of drug-likeness (QED) is 0.481. The molecule has 0 radical (unpaired) electrons. The minimum Gasteiger partial charge on any atom is -0.494 e. The van der Waals surface area contributed by atoms with Crippen molar-refractivity contribution in [2.24, 2.45) is 0 Å². The van der Waals surface area contributed by atoms with Crippen molar-refractivity contribution in [3.63, 3.8) is 0 Å². The Kier molecular flexibility index (Phi) is 9.14. The fourth-order valence-corrected chi connectivity index (χ4v) is 6.58. The fourth-order valence-electron chi connectivity index (χ4n) is 3.40. The summed E-state index contributed by atoms with van der Waals surface area (Å²) >= 11 is 6.85. The molecule has 0 saturated carbocycles. The van der Waals surface area contributed by atoms with Gasteiger partial charge in [0.2, 0.25) is 5.91 Å². The number of ether oxygens (including phenoxy) is 2. The monoisotopic (exact) mass is 530 g/mol. The van der Waals surface area contributed by atoms with Gasteiger partial charge in [-0.25, -0.2) is 13.2 Å². The van der Waals surface area contributed by atoms with Crippen LogP contribution in [0, 0.1) is 0 Å². The Balaban J connectivity index is 1.76. The molecule has 1 aliphatic heterocycles. The third kappa shape index (κ3) is 6.39. The van der Waals surface area contributed by atoms with Crippen molar-refractivity contribution < 1.29 is 27.5 Å². The number of nitrogens with zero attached hydrogens (tertiary/aromatic N) is 2. The molecular formula is C21H27ClN4O6S2. The number of anilines is 1. The molecule has 2 heterocycles. The maximum absolute atomic E-state index is 13.2. The van der Waals surface area contributed by atoms with E-state index in [4.69, 9.17) is 21.1 Å². The average Bonchev–Trinajstić information content (AvgIpc) is 3.27. The Morgan fingerprint density at radius 1 is 1.18 bits per heavy atom. The molecule has 1 aliphatic rings. The van der Waals surface area contributed by atoms with Crippen LogP contribution in [-0.4, -0.2) is 82.1 Å². The number of methoxy groups -OCH3 is 1. The lowest BCUT2D eigenvalue weighted by atomic mass is 10.2. The summed E-state index contributed by atoms with van der Waals surface area (Å²) in [5.74, 6) is 0.169. The minimum atomic E-state index is -3.98. The van der Waals surface area contributed by atoms with E-state index < -0.39 is 28.0 Å². The van der Waals surface area contributed by atoms with Crippen molar-refractivity contribution in [1.29, 1.82) is 0 Å². The topological polar surface area (TPSA) is 117 Å². The second-order valence-corrected chi connectivity index (χ2v) is 11.1. The average molecular weight is 531 g/mol. The number of thiophene rings is 1. The Hall–Kier alpha value is -2.38. The summed E-state index contributed by atoms with van der Waals surface area (Å²) in [6, 6.07) is 8.25. The Morgan fingerprint density at radius 3 is 2.53 bits per heavy atom. The van der Waals surface area contributed by atoms with Gasteiger partial charge in [-0.05, 0) is 43.3 Å². The van der Waals surface area contributed by atoms with Crippen LogP contribution in [0.2, 0.25) is 4.34 Å². The summed E-state index contributed by atoms with van der Waals surface area (Å²) in [7, 11) is -2.48. The molecule has 13 heteroatoms. The zero-order valence-electron chi connectivity index (χ0n) is 18.8. The number of hydrogen-bond donors (Lipinski definition) is 2. The van der Waals surface area contributed by atoms with Crippen LogP contribution in [0.15, 0.2) is 40.6 Å². The van der Waals surface area contributed by atoms with Gasteiger partial charge in [0.1, 0.15) is 16.0 Å². The van der Waals surface area contributed by atoms with Gasteiger partial charge in [-0.15, -0.1) is 11.3 Å². The van der Waals surface area contributed by atoms with Crippen molar-refractivity contribution in [3.8, 4) is 5.75 Å². The van der Waals surface area contributed by atoms with Crippen LogP contribution in [0.3, 0.4) is 0 Å². The van der Waals surface area contributed by atoms with E-state index in [0.717, 1.165) is 15.6 Å². The largest absolute Gasteiger partial charge is 0.494 e. The minimum absolute atomic E-state index is 0.0412. The molecule has 1 saturated heterocycles. The summed E-state index contributed by atoms with van der Waals surface area (Å²) in [6.07, 6.45) is 0. The van der Waals surface area contributed by atoms with Crippen molar-refractivity contribution >= 4 is 50.6 Å². The second-order valence-electron chi connectivity index (χ2n) is 7.31. The molecule has 1 aromatic heterocycles. The zero-order valence-corrected chi connectivity index (χ0v) is 21.2. The normalized spacial score (nSPS) is 16.8. The number of carbonyl (C=O) groups excluding carboxylic acids is 2. The van der Waals surface area contributed by atoms with Crippen molar-refractivity contribution in [3.05, 3.63) is 40.7 Å². The van der Waals surface area contributed by atoms with Gasteiger partial charge in [-0.3, -0.25) is 4.79 Å². The third-order valence-corrected chi connectivity index (χ3v) is 8.66. The summed E-state index contributed by atoms with van der Waals surface area (Å²) in [6.45, 7) is 2.85. The molecule has 186 valence electrons. The molecule has 3 rings (SSSR count). The number of nitrogens with one attached hydrogen (secondary N) is 2.